The minimum absolute atomic E-state index is 0.380. The quantitative estimate of drug-likeness (QED) is 0.578. The van der Waals surface area contributed by atoms with Crippen LogP contribution >= 0.6 is 0 Å². The molecule has 1 heterocycles. The number of anilines is 1. The van der Waals surface area contributed by atoms with Crippen LogP contribution in [0, 0.1) is 0 Å². The molecule has 0 saturated carbocycles. The van der Waals surface area contributed by atoms with Gasteiger partial charge in [-0.2, -0.15) is 0 Å². The first-order valence-corrected chi connectivity index (χ1v) is 6.90. The van der Waals surface area contributed by atoms with Gasteiger partial charge in [-0.05, 0) is 24.6 Å². The SMILES string of the molecule is CCCCCCn1c(=O)c(O)c(O)c2ccc(N)cc21. The number of nitrogens with zero attached hydrogens (tertiary/aromatic N) is 1. The van der Waals surface area contributed by atoms with Gasteiger partial charge >= 0.3 is 0 Å². The molecule has 5 nitrogen and oxygen atoms in total. The molecule has 2 aromatic rings. The first-order valence-electron chi connectivity index (χ1n) is 6.90. The number of pyridine rings is 1. The standard InChI is InChI=1S/C15H20N2O3/c1-2-3-4-5-8-17-12-9-10(16)6-7-11(12)13(18)14(19)15(17)20/h6-7,9,18-19H,2-5,8,16H2,1H3. The van der Waals surface area contributed by atoms with Gasteiger partial charge in [-0.3, -0.25) is 4.79 Å². The molecule has 0 aliphatic heterocycles. The topological polar surface area (TPSA) is 88.5 Å². The summed E-state index contributed by atoms with van der Waals surface area (Å²) in [7, 11) is 0. The Labute approximate surface area is 117 Å². The Hall–Kier alpha value is -2.17. The lowest BCUT2D eigenvalue weighted by molar-refractivity contribution is 0.396. The fraction of sp³-hybridized carbons (Fsp3) is 0.400. The number of nitrogen functional groups attached to an aromatic ring is 1. The number of unbranched alkanes of at least 4 members (excludes halogenated alkanes) is 3. The van der Waals surface area contributed by atoms with Gasteiger partial charge in [0, 0.05) is 17.6 Å². The predicted octanol–water partition coefficient (Wildman–Crippen LogP) is 2.58. The van der Waals surface area contributed by atoms with Crippen molar-refractivity contribution in [2.75, 3.05) is 5.73 Å². The third kappa shape index (κ3) is 2.57. The molecule has 0 saturated heterocycles. The van der Waals surface area contributed by atoms with Gasteiger partial charge in [0.25, 0.3) is 5.56 Å². The Kier molecular flexibility index (Phi) is 4.17. The summed E-state index contributed by atoms with van der Waals surface area (Å²) in [5, 5.41) is 20.0. The van der Waals surface area contributed by atoms with Crippen LogP contribution in [0.5, 0.6) is 11.5 Å². The van der Waals surface area contributed by atoms with Crippen molar-refractivity contribution in [2.45, 2.75) is 39.2 Å². The smallest absolute Gasteiger partial charge is 0.297 e. The van der Waals surface area contributed by atoms with Gasteiger partial charge < -0.3 is 20.5 Å². The average molecular weight is 276 g/mol. The number of benzene rings is 1. The third-order valence-corrected chi connectivity index (χ3v) is 3.48. The Morgan fingerprint density at radius 2 is 1.90 bits per heavy atom. The maximum absolute atomic E-state index is 12.1. The monoisotopic (exact) mass is 276 g/mol. The van der Waals surface area contributed by atoms with Crippen molar-refractivity contribution in [3.05, 3.63) is 28.6 Å². The van der Waals surface area contributed by atoms with Crippen molar-refractivity contribution in [3.8, 4) is 11.5 Å². The molecule has 108 valence electrons. The lowest BCUT2D eigenvalue weighted by Gasteiger charge is -2.13. The second-order valence-corrected chi connectivity index (χ2v) is 4.99. The van der Waals surface area contributed by atoms with Crippen LogP contribution in [0.25, 0.3) is 10.9 Å². The number of hydrogen-bond donors (Lipinski definition) is 3. The number of aromatic nitrogens is 1. The molecule has 2 rings (SSSR count). The zero-order valence-electron chi connectivity index (χ0n) is 11.6. The van der Waals surface area contributed by atoms with E-state index >= 15 is 0 Å². The van der Waals surface area contributed by atoms with E-state index in [4.69, 9.17) is 5.73 Å². The highest BCUT2D eigenvalue weighted by molar-refractivity contribution is 5.89. The van der Waals surface area contributed by atoms with Gasteiger partial charge in [-0.15, -0.1) is 0 Å². The number of nitrogens with two attached hydrogens (primary N) is 1. The molecular weight excluding hydrogens is 256 g/mol. The minimum Gasteiger partial charge on any atom is -0.504 e. The zero-order valence-corrected chi connectivity index (χ0v) is 11.6. The van der Waals surface area contributed by atoms with E-state index < -0.39 is 11.3 Å². The summed E-state index contributed by atoms with van der Waals surface area (Å²) in [6.45, 7) is 2.63. The summed E-state index contributed by atoms with van der Waals surface area (Å²) in [6, 6.07) is 4.89. The van der Waals surface area contributed by atoms with E-state index in [1.165, 1.54) is 4.57 Å². The Balaban J connectivity index is 2.51. The van der Waals surface area contributed by atoms with E-state index in [0.29, 0.717) is 23.1 Å². The highest BCUT2D eigenvalue weighted by Gasteiger charge is 2.15. The highest BCUT2D eigenvalue weighted by Crippen LogP contribution is 2.31. The van der Waals surface area contributed by atoms with Gasteiger partial charge in [0.05, 0.1) is 5.52 Å². The molecule has 0 aliphatic carbocycles. The fourth-order valence-corrected chi connectivity index (χ4v) is 2.36. The summed E-state index contributed by atoms with van der Waals surface area (Å²) in [5.41, 5.74) is 6.25. The van der Waals surface area contributed by atoms with Gasteiger partial charge in [-0.1, -0.05) is 26.2 Å². The van der Waals surface area contributed by atoms with Crippen molar-refractivity contribution in [1.82, 2.24) is 4.57 Å². The zero-order chi connectivity index (χ0) is 14.7. The van der Waals surface area contributed by atoms with Crippen molar-refractivity contribution in [2.24, 2.45) is 0 Å². The molecule has 0 spiro atoms. The maximum Gasteiger partial charge on any atom is 0.297 e. The number of hydrogen-bond acceptors (Lipinski definition) is 4. The molecule has 0 unspecified atom stereocenters. The fourth-order valence-electron chi connectivity index (χ4n) is 2.36. The normalized spacial score (nSPS) is 11.1. The third-order valence-electron chi connectivity index (χ3n) is 3.48. The molecule has 1 aromatic heterocycles. The summed E-state index contributed by atoms with van der Waals surface area (Å²) in [5.74, 6) is -0.979. The molecule has 20 heavy (non-hydrogen) atoms. The molecule has 0 amide bonds. The van der Waals surface area contributed by atoms with Crippen molar-refractivity contribution in [3.63, 3.8) is 0 Å². The largest absolute Gasteiger partial charge is 0.504 e. The van der Waals surface area contributed by atoms with Crippen LogP contribution in [0.3, 0.4) is 0 Å². The van der Waals surface area contributed by atoms with Gasteiger partial charge in [0.1, 0.15) is 0 Å². The predicted molar refractivity (Wildman–Crippen MR) is 80.1 cm³/mol. The summed E-state index contributed by atoms with van der Waals surface area (Å²) < 4.78 is 1.48. The highest BCUT2D eigenvalue weighted by atomic mass is 16.3. The van der Waals surface area contributed by atoms with Crippen LogP contribution in [-0.2, 0) is 6.54 Å². The Morgan fingerprint density at radius 1 is 1.15 bits per heavy atom. The number of rotatable bonds is 5. The molecule has 4 N–H and O–H groups in total. The lowest BCUT2D eigenvalue weighted by atomic mass is 10.1. The van der Waals surface area contributed by atoms with Crippen molar-refractivity contribution < 1.29 is 10.2 Å². The summed E-state index contributed by atoms with van der Waals surface area (Å²) >= 11 is 0. The van der Waals surface area contributed by atoms with Crippen LogP contribution in [0.1, 0.15) is 32.6 Å². The van der Waals surface area contributed by atoms with Crippen LogP contribution < -0.4 is 11.3 Å². The first kappa shape index (κ1) is 14.2. The Morgan fingerprint density at radius 3 is 2.60 bits per heavy atom. The van der Waals surface area contributed by atoms with Crippen LogP contribution in [0.4, 0.5) is 5.69 Å². The molecule has 0 fully saturated rings. The van der Waals surface area contributed by atoms with E-state index in [-0.39, 0.29) is 5.75 Å². The van der Waals surface area contributed by atoms with Crippen molar-refractivity contribution >= 4 is 16.6 Å². The second kappa shape index (κ2) is 5.86. The van der Waals surface area contributed by atoms with Crippen LogP contribution in [0.15, 0.2) is 23.0 Å². The van der Waals surface area contributed by atoms with Crippen LogP contribution in [-0.4, -0.2) is 14.8 Å². The summed E-state index contributed by atoms with van der Waals surface area (Å²) in [4.78, 5) is 12.1. The molecule has 5 heteroatoms. The second-order valence-electron chi connectivity index (χ2n) is 4.99. The molecule has 0 aliphatic rings. The molecule has 0 atom stereocenters. The number of aromatic hydroxyl groups is 2. The number of fused-ring (bicyclic) bond motifs is 1. The minimum atomic E-state index is -0.599. The summed E-state index contributed by atoms with van der Waals surface area (Å²) in [6.07, 6.45) is 4.10. The van der Waals surface area contributed by atoms with Gasteiger partial charge in [-0.25, -0.2) is 0 Å². The van der Waals surface area contributed by atoms with Gasteiger partial charge in [0.15, 0.2) is 5.75 Å². The molecule has 0 radical (unpaired) electrons. The van der Waals surface area contributed by atoms with Crippen LogP contribution in [0.2, 0.25) is 0 Å². The molecule has 0 bridgehead atoms. The van der Waals surface area contributed by atoms with Gasteiger partial charge in [0.2, 0.25) is 5.75 Å². The number of aryl methyl sites for hydroxylation is 1. The van der Waals surface area contributed by atoms with E-state index in [2.05, 4.69) is 6.92 Å². The van der Waals surface area contributed by atoms with E-state index in [1.807, 2.05) is 0 Å². The van der Waals surface area contributed by atoms with E-state index in [1.54, 1.807) is 18.2 Å². The molecular formula is C15H20N2O3. The van der Waals surface area contributed by atoms with Crippen molar-refractivity contribution in [1.29, 1.82) is 0 Å². The average Bonchev–Trinajstić information content (AvgIpc) is 2.44. The molecule has 1 aromatic carbocycles. The maximum atomic E-state index is 12.1. The lowest BCUT2D eigenvalue weighted by Crippen LogP contribution is -2.20. The van der Waals surface area contributed by atoms with E-state index in [0.717, 1.165) is 25.7 Å². The van der Waals surface area contributed by atoms with E-state index in [9.17, 15) is 15.0 Å². The Bertz CT molecular complexity index is 677. The first-order chi connectivity index (χ1) is 9.56.